The molecule has 148 valence electrons. The van der Waals surface area contributed by atoms with Crippen LogP contribution in [0.25, 0.3) is 11.0 Å². The summed E-state index contributed by atoms with van der Waals surface area (Å²) in [6.07, 6.45) is 1.10. The highest BCUT2D eigenvalue weighted by atomic mass is 35.5. The molecule has 0 aliphatic carbocycles. The number of pyridine rings is 1. The van der Waals surface area contributed by atoms with E-state index in [2.05, 4.69) is 9.97 Å². The number of carbonyl (C=O) groups is 2. The van der Waals surface area contributed by atoms with Gasteiger partial charge in [-0.3, -0.25) is 4.79 Å². The molecule has 3 aromatic rings. The first-order chi connectivity index (χ1) is 12.8. The molecule has 6 nitrogen and oxygen atoms in total. The number of amides is 1. The topological polar surface area (TPSA) is 86.3 Å². The maximum absolute atomic E-state index is 13.9. The van der Waals surface area contributed by atoms with Gasteiger partial charge in [-0.25, -0.2) is 18.6 Å². The number of carboxylic acids is 1. The number of rotatable bonds is 5. The maximum atomic E-state index is 13.9. The van der Waals surface area contributed by atoms with Crippen LogP contribution in [0.3, 0.4) is 0 Å². The van der Waals surface area contributed by atoms with E-state index in [-0.39, 0.29) is 30.1 Å². The van der Waals surface area contributed by atoms with E-state index >= 15 is 0 Å². The third-order valence-corrected chi connectivity index (χ3v) is 4.38. The van der Waals surface area contributed by atoms with E-state index in [1.807, 2.05) is 0 Å². The van der Waals surface area contributed by atoms with E-state index in [9.17, 15) is 23.5 Å². The van der Waals surface area contributed by atoms with Gasteiger partial charge in [-0.1, -0.05) is 17.7 Å². The Hall–Kier alpha value is -2.71. The Balaban J connectivity index is 0.00000280. The fourth-order valence-corrected chi connectivity index (χ4v) is 2.89. The molecule has 0 fully saturated rings. The summed E-state index contributed by atoms with van der Waals surface area (Å²) in [5.74, 6) is -3.56. The van der Waals surface area contributed by atoms with Crippen LogP contribution in [0, 0.1) is 11.6 Å². The minimum atomic E-state index is -1.35. The largest absolute Gasteiger partial charge is 0.480 e. The summed E-state index contributed by atoms with van der Waals surface area (Å²) in [5.41, 5.74) is 0.536. The molecule has 1 atom stereocenters. The second kappa shape index (κ2) is 8.53. The van der Waals surface area contributed by atoms with Crippen molar-refractivity contribution >= 4 is 46.9 Å². The minimum Gasteiger partial charge on any atom is -0.480 e. The Labute approximate surface area is 169 Å². The third-order valence-electron chi connectivity index (χ3n) is 4.17. The number of aromatic amines is 1. The van der Waals surface area contributed by atoms with Crippen LogP contribution in [0.5, 0.6) is 0 Å². The van der Waals surface area contributed by atoms with Crippen molar-refractivity contribution in [1.82, 2.24) is 14.9 Å². The molecule has 1 aromatic carbocycles. The Morgan fingerprint density at radius 3 is 2.64 bits per heavy atom. The molecule has 0 unspecified atom stereocenters. The number of hydrogen-bond donors (Lipinski definition) is 2. The van der Waals surface area contributed by atoms with Crippen molar-refractivity contribution in [2.45, 2.75) is 12.5 Å². The van der Waals surface area contributed by atoms with Gasteiger partial charge in [0.25, 0.3) is 5.91 Å². The van der Waals surface area contributed by atoms with Gasteiger partial charge in [0.2, 0.25) is 0 Å². The van der Waals surface area contributed by atoms with Crippen LogP contribution >= 0.6 is 24.0 Å². The van der Waals surface area contributed by atoms with E-state index in [1.54, 1.807) is 6.07 Å². The summed E-state index contributed by atoms with van der Waals surface area (Å²) < 4.78 is 26.9. The number of halogens is 4. The summed E-state index contributed by atoms with van der Waals surface area (Å²) in [6, 6.07) is 4.63. The van der Waals surface area contributed by atoms with Gasteiger partial charge in [0.05, 0.1) is 5.02 Å². The average Bonchev–Trinajstić information content (AvgIpc) is 3.02. The molecular weight excluding hydrogens is 415 g/mol. The Kier molecular flexibility index (Phi) is 6.58. The van der Waals surface area contributed by atoms with Gasteiger partial charge in [0.15, 0.2) is 0 Å². The van der Waals surface area contributed by atoms with Gasteiger partial charge in [0, 0.05) is 31.1 Å². The van der Waals surface area contributed by atoms with Crippen LogP contribution in [0.4, 0.5) is 8.78 Å². The molecule has 0 aliphatic rings. The molecule has 2 aromatic heterocycles. The zero-order valence-corrected chi connectivity index (χ0v) is 16.0. The molecule has 0 radical (unpaired) electrons. The van der Waals surface area contributed by atoms with Crippen molar-refractivity contribution in [2.24, 2.45) is 0 Å². The molecule has 3 rings (SSSR count). The fourth-order valence-electron chi connectivity index (χ4n) is 2.72. The molecular formula is C18H15Cl2F2N3O3. The molecule has 1 amide bonds. The SMILES string of the molecule is CN(C(=O)c1cc2cc(Cl)cnc2[nH]1)[C@@H](Cc1ccc(F)cc1F)C(=O)O.Cl. The number of aromatic nitrogens is 2. The van der Waals surface area contributed by atoms with E-state index in [0.717, 1.165) is 17.0 Å². The van der Waals surface area contributed by atoms with E-state index in [1.165, 1.54) is 19.3 Å². The van der Waals surface area contributed by atoms with Crippen LogP contribution in [-0.2, 0) is 11.2 Å². The summed E-state index contributed by atoms with van der Waals surface area (Å²) in [6.45, 7) is 0. The average molecular weight is 430 g/mol. The lowest BCUT2D eigenvalue weighted by molar-refractivity contribution is -0.141. The zero-order chi connectivity index (χ0) is 19.7. The predicted molar refractivity (Wildman–Crippen MR) is 102 cm³/mol. The lowest BCUT2D eigenvalue weighted by Gasteiger charge is -2.24. The van der Waals surface area contributed by atoms with Crippen molar-refractivity contribution in [3.05, 3.63) is 64.4 Å². The predicted octanol–water partition coefficient (Wildman–Crippen LogP) is 3.68. The number of fused-ring (bicyclic) bond motifs is 1. The Bertz CT molecular complexity index is 1040. The number of nitrogens with one attached hydrogen (secondary N) is 1. The molecule has 0 spiro atoms. The van der Waals surface area contributed by atoms with Crippen LogP contribution in [0.1, 0.15) is 16.1 Å². The first kappa shape index (κ1) is 21.6. The Morgan fingerprint density at radius 2 is 2.00 bits per heavy atom. The highest BCUT2D eigenvalue weighted by Crippen LogP contribution is 2.20. The van der Waals surface area contributed by atoms with E-state index < -0.39 is 29.6 Å². The van der Waals surface area contributed by atoms with Gasteiger partial charge in [0.1, 0.15) is 29.0 Å². The first-order valence-corrected chi connectivity index (χ1v) is 8.22. The molecule has 2 N–H and O–H groups in total. The number of aliphatic carboxylic acids is 1. The third kappa shape index (κ3) is 4.40. The summed E-state index contributed by atoms with van der Waals surface area (Å²) >= 11 is 5.87. The van der Waals surface area contributed by atoms with Crippen LogP contribution in [0.2, 0.25) is 5.02 Å². The summed E-state index contributed by atoms with van der Waals surface area (Å²) in [5, 5.41) is 10.5. The van der Waals surface area contributed by atoms with E-state index in [0.29, 0.717) is 22.1 Å². The van der Waals surface area contributed by atoms with Gasteiger partial charge in [-0.2, -0.15) is 0 Å². The normalized spacial score (nSPS) is 11.7. The van der Waals surface area contributed by atoms with Crippen molar-refractivity contribution in [3.63, 3.8) is 0 Å². The number of benzene rings is 1. The molecule has 28 heavy (non-hydrogen) atoms. The first-order valence-electron chi connectivity index (χ1n) is 7.84. The minimum absolute atomic E-state index is 0. The Morgan fingerprint density at radius 1 is 1.29 bits per heavy atom. The summed E-state index contributed by atoms with van der Waals surface area (Å²) in [7, 11) is 1.30. The second-order valence-corrected chi connectivity index (χ2v) is 6.42. The van der Waals surface area contributed by atoms with Gasteiger partial charge < -0.3 is 15.0 Å². The maximum Gasteiger partial charge on any atom is 0.326 e. The number of carboxylic acid groups (broad SMARTS) is 1. The van der Waals surface area contributed by atoms with Gasteiger partial charge in [-0.05, 0) is 23.8 Å². The molecule has 0 aliphatic heterocycles. The van der Waals surface area contributed by atoms with Gasteiger partial charge >= 0.3 is 5.97 Å². The highest BCUT2D eigenvalue weighted by molar-refractivity contribution is 6.31. The number of nitrogens with zero attached hydrogens (tertiary/aromatic N) is 2. The number of hydrogen-bond acceptors (Lipinski definition) is 3. The standard InChI is InChI=1S/C18H14ClF2N3O3.ClH/c1-24(15(18(26)27)6-9-2-3-12(20)7-13(9)21)17(25)14-5-10-4-11(19)8-22-16(10)23-14;/h2-5,7-8,15H,6H2,1H3,(H,22,23)(H,26,27);1H/t15-;/m0./s1. The number of carbonyl (C=O) groups excluding carboxylic acids is 1. The highest BCUT2D eigenvalue weighted by Gasteiger charge is 2.29. The van der Waals surface area contributed by atoms with Crippen molar-refractivity contribution in [3.8, 4) is 0 Å². The zero-order valence-electron chi connectivity index (χ0n) is 14.4. The van der Waals surface area contributed by atoms with Crippen molar-refractivity contribution in [1.29, 1.82) is 0 Å². The second-order valence-electron chi connectivity index (χ2n) is 5.98. The monoisotopic (exact) mass is 429 g/mol. The number of H-pyrrole nitrogens is 1. The lowest BCUT2D eigenvalue weighted by atomic mass is 10.0. The van der Waals surface area contributed by atoms with E-state index in [4.69, 9.17) is 11.6 Å². The lowest BCUT2D eigenvalue weighted by Crippen LogP contribution is -2.44. The van der Waals surface area contributed by atoms with Crippen LogP contribution in [0.15, 0.2) is 36.5 Å². The molecule has 0 saturated carbocycles. The molecule has 10 heteroatoms. The molecule has 0 saturated heterocycles. The number of likely N-dealkylation sites (N-methyl/N-ethyl adjacent to an activating group) is 1. The van der Waals surface area contributed by atoms with Crippen molar-refractivity contribution < 1.29 is 23.5 Å². The van der Waals surface area contributed by atoms with Crippen LogP contribution in [-0.4, -0.2) is 44.9 Å². The molecule has 2 heterocycles. The van der Waals surface area contributed by atoms with Gasteiger partial charge in [-0.15, -0.1) is 12.4 Å². The quantitative estimate of drug-likeness (QED) is 0.647. The summed E-state index contributed by atoms with van der Waals surface area (Å²) in [4.78, 5) is 32.2. The fraction of sp³-hybridized carbons (Fsp3) is 0.167. The smallest absolute Gasteiger partial charge is 0.326 e. The molecule has 0 bridgehead atoms. The van der Waals surface area contributed by atoms with Crippen molar-refractivity contribution in [2.75, 3.05) is 7.05 Å². The van der Waals surface area contributed by atoms with Crippen LogP contribution < -0.4 is 0 Å².